The van der Waals surface area contributed by atoms with E-state index >= 15 is 0 Å². The average molecular weight is 295 g/mol. The van der Waals surface area contributed by atoms with E-state index in [4.69, 9.17) is 16.3 Å². The lowest BCUT2D eigenvalue weighted by atomic mass is 10.0. The van der Waals surface area contributed by atoms with Crippen LogP contribution in [0.1, 0.15) is 11.1 Å². The Labute approximate surface area is 122 Å². The quantitative estimate of drug-likeness (QED) is 0.912. The van der Waals surface area contributed by atoms with Crippen LogP contribution in [0.4, 0.5) is 4.39 Å². The molecule has 1 N–H and O–H groups in total. The van der Waals surface area contributed by atoms with Gasteiger partial charge in [-0.3, -0.25) is 0 Å². The Morgan fingerprint density at radius 3 is 2.50 bits per heavy atom. The van der Waals surface area contributed by atoms with Crippen LogP contribution >= 0.6 is 11.6 Å². The minimum atomic E-state index is -0.656. The molecule has 2 nitrogen and oxygen atoms in total. The summed E-state index contributed by atoms with van der Waals surface area (Å²) in [4.78, 5) is 0. The molecule has 0 aliphatic rings. The second kappa shape index (κ2) is 6.73. The normalized spacial score (nSPS) is 12.2. The number of benzene rings is 2. The fourth-order valence-electron chi connectivity index (χ4n) is 2.07. The van der Waals surface area contributed by atoms with E-state index in [-0.39, 0.29) is 11.4 Å². The summed E-state index contributed by atoms with van der Waals surface area (Å²) >= 11 is 5.72. The summed E-state index contributed by atoms with van der Waals surface area (Å²) in [6.07, 6.45) is 0.0327. The van der Waals surface area contributed by atoms with Crippen LogP contribution in [0, 0.1) is 5.82 Å². The molecule has 0 saturated heterocycles. The van der Waals surface area contributed by atoms with Crippen molar-refractivity contribution in [1.29, 1.82) is 0 Å². The molecule has 4 heteroatoms. The first-order valence-corrected chi connectivity index (χ1v) is 6.72. The summed E-state index contributed by atoms with van der Waals surface area (Å²) in [7, 11) is 1.60. The first-order valence-electron chi connectivity index (χ1n) is 6.34. The van der Waals surface area contributed by atoms with Crippen molar-refractivity contribution in [2.45, 2.75) is 18.9 Å². The van der Waals surface area contributed by atoms with Gasteiger partial charge < -0.3 is 9.84 Å². The van der Waals surface area contributed by atoms with Gasteiger partial charge in [-0.25, -0.2) is 4.39 Å². The van der Waals surface area contributed by atoms with E-state index in [0.29, 0.717) is 12.0 Å². The third kappa shape index (κ3) is 3.71. The molecule has 2 aromatic rings. The highest BCUT2D eigenvalue weighted by atomic mass is 35.5. The van der Waals surface area contributed by atoms with Gasteiger partial charge in [-0.1, -0.05) is 35.9 Å². The number of rotatable bonds is 5. The maximum Gasteiger partial charge on any atom is 0.145 e. The number of methoxy groups -OCH3 is 1. The van der Waals surface area contributed by atoms with Crippen LogP contribution in [-0.4, -0.2) is 18.3 Å². The minimum absolute atomic E-state index is 0.0825. The Hall–Kier alpha value is -1.58. The Bertz CT molecular complexity index is 569. The molecule has 0 aliphatic heterocycles. The Kier molecular flexibility index (Phi) is 4.99. The SMILES string of the molecule is COc1ccc(CC(O)Cc2cccc(Cl)c2F)cc1. The first kappa shape index (κ1) is 14.8. The zero-order valence-corrected chi connectivity index (χ0v) is 11.9. The lowest BCUT2D eigenvalue weighted by Gasteiger charge is -2.12. The highest BCUT2D eigenvalue weighted by Gasteiger charge is 2.12. The Morgan fingerprint density at radius 2 is 1.85 bits per heavy atom. The van der Waals surface area contributed by atoms with Gasteiger partial charge in [0.15, 0.2) is 0 Å². The van der Waals surface area contributed by atoms with Crippen molar-refractivity contribution in [3.8, 4) is 5.75 Å². The van der Waals surface area contributed by atoms with E-state index in [1.54, 1.807) is 19.2 Å². The highest BCUT2D eigenvalue weighted by Crippen LogP contribution is 2.20. The molecular weight excluding hydrogens is 279 g/mol. The highest BCUT2D eigenvalue weighted by molar-refractivity contribution is 6.30. The fraction of sp³-hybridized carbons (Fsp3) is 0.250. The molecule has 1 atom stereocenters. The van der Waals surface area contributed by atoms with Gasteiger partial charge in [0, 0.05) is 6.42 Å². The zero-order chi connectivity index (χ0) is 14.5. The molecule has 0 spiro atoms. The van der Waals surface area contributed by atoms with Crippen molar-refractivity contribution < 1.29 is 14.2 Å². The van der Waals surface area contributed by atoms with Crippen molar-refractivity contribution in [3.05, 3.63) is 64.4 Å². The second-order valence-corrected chi connectivity index (χ2v) is 5.03. The number of hydrogen-bond acceptors (Lipinski definition) is 2. The van der Waals surface area contributed by atoms with Crippen LogP contribution in [0.15, 0.2) is 42.5 Å². The standard InChI is InChI=1S/C16H16ClFO2/c1-20-14-7-5-11(6-8-14)9-13(19)10-12-3-2-4-15(17)16(12)18/h2-8,13,19H,9-10H2,1H3. The van der Waals surface area contributed by atoms with E-state index in [1.807, 2.05) is 24.3 Å². The molecule has 0 amide bonds. The Balaban J connectivity index is 2.01. The van der Waals surface area contributed by atoms with E-state index in [9.17, 15) is 9.50 Å². The number of aliphatic hydroxyl groups excluding tert-OH is 1. The number of halogens is 2. The van der Waals surface area contributed by atoms with Crippen molar-refractivity contribution >= 4 is 11.6 Å². The summed E-state index contributed by atoms with van der Waals surface area (Å²) in [5.74, 6) is 0.312. The van der Waals surface area contributed by atoms with Gasteiger partial charge in [0.2, 0.25) is 0 Å². The van der Waals surface area contributed by atoms with Gasteiger partial charge in [0.05, 0.1) is 18.2 Å². The topological polar surface area (TPSA) is 29.5 Å². The summed E-state index contributed by atoms with van der Waals surface area (Å²) in [5.41, 5.74) is 1.40. The van der Waals surface area contributed by atoms with Crippen molar-refractivity contribution in [3.63, 3.8) is 0 Å². The van der Waals surface area contributed by atoms with E-state index < -0.39 is 11.9 Å². The molecule has 0 fully saturated rings. The molecule has 0 aliphatic carbocycles. The van der Waals surface area contributed by atoms with Crippen LogP contribution in [0.5, 0.6) is 5.75 Å². The molecule has 2 aromatic carbocycles. The van der Waals surface area contributed by atoms with Crippen molar-refractivity contribution in [1.82, 2.24) is 0 Å². The molecule has 0 radical (unpaired) electrons. The van der Waals surface area contributed by atoms with Gasteiger partial charge in [-0.2, -0.15) is 0 Å². The van der Waals surface area contributed by atoms with Crippen LogP contribution < -0.4 is 4.74 Å². The molecule has 106 valence electrons. The molecule has 2 rings (SSSR count). The van der Waals surface area contributed by atoms with E-state index in [0.717, 1.165) is 11.3 Å². The van der Waals surface area contributed by atoms with E-state index in [2.05, 4.69) is 0 Å². The van der Waals surface area contributed by atoms with Gasteiger partial charge in [0.25, 0.3) is 0 Å². The maximum absolute atomic E-state index is 13.7. The maximum atomic E-state index is 13.7. The number of aliphatic hydroxyl groups is 1. The summed E-state index contributed by atoms with van der Waals surface area (Å²) in [6, 6.07) is 12.3. The van der Waals surface area contributed by atoms with Crippen molar-refractivity contribution in [2.24, 2.45) is 0 Å². The van der Waals surface area contributed by atoms with Crippen LogP contribution in [0.25, 0.3) is 0 Å². The molecule has 20 heavy (non-hydrogen) atoms. The third-order valence-electron chi connectivity index (χ3n) is 3.12. The lowest BCUT2D eigenvalue weighted by molar-refractivity contribution is 0.174. The van der Waals surface area contributed by atoms with Gasteiger partial charge in [-0.05, 0) is 35.7 Å². The fourth-order valence-corrected chi connectivity index (χ4v) is 2.26. The summed E-state index contributed by atoms with van der Waals surface area (Å²) < 4.78 is 18.8. The molecule has 0 aromatic heterocycles. The third-order valence-corrected chi connectivity index (χ3v) is 3.41. The van der Waals surface area contributed by atoms with Crippen LogP contribution in [-0.2, 0) is 12.8 Å². The summed E-state index contributed by atoms with van der Waals surface area (Å²) in [6.45, 7) is 0. The average Bonchev–Trinajstić information content (AvgIpc) is 2.45. The summed E-state index contributed by atoms with van der Waals surface area (Å²) in [5, 5.41) is 10.1. The van der Waals surface area contributed by atoms with Crippen LogP contribution in [0.2, 0.25) is 5.02 Å². The van der Waals surface area contributed by atoms with Crippen LogP contribution in [0.3, 0.4) is 0 Å². The molecule has 1 unspecified atom stereocenters. The van der Waals surface area contributed by atoms with E-state index in [1.165, 1.54) is 6.07 Å². The van der Waals surface area contributed by atoms with Crippen molar-refractivity contribution in [2.75, 3.05) is 7.11 Å². The number of ether oxygens (including phenoxy) is 1. The minimum Gasteiger partial charge on any atom is -0.497 e. The largest absolute Gasteiger partial charge is 0.497 e. The molecular formula is C16H16ClFO2. The smallest absolute Gasteiger partial charge is 0.145 e. The first-order chi connectivity index (χ1) is 9.60. The van der Waals surface area contributed by atoms with Gasteiger partial charge >= 0.3 is 0 Å². The monoisotopic (exact) mass is 294 g/mol. The molecule has 0 saturated carbocycles. The zero-order valence-electron chi connectivity index (χ0n) is 11.1. The molecule has 0 heterocycles. The predicted molar refractivity (Wildman–Crippen MR) is 77.8 cm³/mol. The van der Waals surface area contributed by atoms with Gasteiger partial charge in [0.1, 0.15) is 11.6 Å². The second-order valence-electron chi connectivity index (χ2n) is 4.62. The molecule has 0 bridgehead atoms. The Morgan fingerprint density at radius 1 is 1.15 bits per heavy atom. The lowest BCUT2D eigenvalue weighted by Crippen LogP contribution is -2.15. The van der Waals surface area contributed by atoms with Gasteiger partial charge in [-0.15, -0.1) is 0 Å². The predicted octanol–water partition coefficient (Wildman–Crippen LogP) is 3.63. The number of hydrogen-bond donors (Lipinski definition) is 1.